The molecule has 4 aromatic rings. The smallest absolute Gasteiger partial charge is 0.271 e. The molecular weight excluding hydrogens is 651 g/mol. The molecule has 2 aliphatic heterocycles. The molecule has 0 spiro atoms. The van der Waals surface area contributed by atoms with Crippen molar-refractivity contribution in [2.75, 3.05) is 31.6 Å². The molecule has 1 N–H and O–H groups in total. The predicted molar refractivity (Wildman–Crippen MR) is 175 cm³/mol. The molecule has 6 rings (SSSR count). The SMILES string of the molecule is CCCNCc1ccc(OC)c(C2(N3CCCC3c3ncco3)C(=O)N(S(=O)(=O)c3ccc(OC)cc3)c3cc(Cl)c(Cl)cc32)c1. The van der Waals surface area contributed by atoms with Crippen LogP contribution >= 0.6 is 23.2 Å². The summed E-state index contributed by atoms with van der Waals surface area (Å²) >= 11 is 13.2. The van der Waals surface area contributed by atoms with Gasteiger partial charge in [0.15, 0.2) is 5.54 Å². The minimum Gasteiger partial charge on any atom is -0.497 e. The minimum absolute atomic E-state index is 0.0929. The molecule has 1 fully saturated rings. The van der Waals surface area contributed by atoms with Gasteiger partial charge in [-0.15, -0.1) is 0 Å². The minimum atomic E-state index is -4.48. The lowest BCUT2D eigenvalue weighted by atomic mass is 9.80. The maximum Gasteiger partial charge on any atom is 0.271 e. The van der Waals surface area contributed by atoms with Gasteiger partial charge >= 0.3 is 0 Å². The Balaban J connectivity index is 1.66. The van der Waals surface area contributed by atoms with Gasteiger partial charge in [-0.2, -0.15) is 0 Å². The van der Waals surface area contributed by atoms with Crippen LogP contribution in [0.15, 0.2) is 76.4 Å². The van der Waals surface area contributed by atoms with Crippen LogP contribution in [-0.2, 0) is 26.9 Å². The number of benzene rings is 3. The maximum atomic E-state index is 15.5. The van der Waals surface area contributed by atoms with Crippen LogP contribution in [0, 0.1) is 0 Å². The van der Waals surface area contributed by atoms with E-state index < -0.39 is 27.5 Å². The number of oxazole rings is 1. The number of nitrogens with one attached hydrogen (secondary N) is 1. The normalized spacial score (nSPS) is 19.9. The average molecular weight is 686 g/mol. The number of rotatable bonds is 11. The fraction of sp³-hybridized carbons (Fsp3) is 0.333. The predicted octanol–water partition coefficient (Wildman–Crippen LogP) is 6.31. The van der Waals surface area contributed by atoms with Crippen molar-refractivity contribution in [3.05, 3.63) is 99.7 Å². The molecule has 13 heteroatoms. The summed E-state index contributed by atoms with van der Waals surface area (Å²) in [7, 11) is -1.46. The first-order valence-electron chi connectivity index (χ1n) is 15.0. The van der Waals surface area contributed by atoms with E-state index in [1.54, 1.807) is 18.3 Å². The second-order valence-corrected chi connectivity index (χ2v) is 13.8. The second-order valence-electron chi connectivity index (χ2n) is 11.2. The fourth-order valence-corrected chi connectivity index (χ4v) is 8.30. The molecule has 0 radical (unpaired) electrons. The first-order valence-corrected chi connectivity index (χ1v) is 17.2. The highest BCUT2D eigenvalue weighted by Crippen LogP contribution is 2.57. The van der Waals surface area contributed by atoms with E-state index in [1.165, 1.54) is 50.8 Å². The molecule has 3 aromatic carbocycles. The standard InChI is InChI=1S/C33H34Cl2N4O6S/c1-4-13-36-20-21-7-12-30(44-3)25(17-21)33(38-15-5-6-28(38)31-37-14-16-45-31)24-18-26(34)27(35)19-29(24)39(32(33)40)46(41,42)23-10-8-22(43-2)9-11-23/h7-12,14,16-19,28,36H,4-6,13,15,20H2,1-3H3. The molecule has 0 aliphatic carbocycles. The number of sulfonamides is 1. The number of fused-ring (bicyclic) bond motifs is 1. The van der Waals surface area contributed by atoms with Gasteiger partial charge in [0.25, 0.3) is 15.9 Å². The van der Waals surface area contributed by atoms with Crippen LogP contribution in [0.2, 0.25) is 10.0 Å². The summed E-state index contributed by atoms with van der Waals surface area (Å²) in [5.41, 5.74) is 0.108. The summed E-state index contributed by atoms with van der Waals surface area (Å²) in [6.45, 7) is 3.84. The van der Waals surface area contributed by atoms with E-state index >= 15 is 4.79 Å². The number of aromatic nitrogens is 1. The number of amides is 1. The summed E-state index contributed by atoms with van der Waals surface area (Å²) in [5, 5.41) is 3.69. The zero-order valence-corrected chi connectivity index (χ0v) is 28.0. The number of nitrogens with zero attached hydrogens (tertiary/aromatic N) is 3. The number of carbonyl (C=O) groups is 1. The molecule has 242 valence electrons. The summed E-state index contributed by atoms with van der Waals surface area (Å²) in [6.07, 6.45) is 5.31. The van der Waals surface area contributed by atoms with Gasteiger partial charge in [-0.3, -0.25) is 9.69 Å². The number of likely N-dealkylation sites (tertiary alicyclic amines) is 1. The maximum absolute atomic E-state index is 15.5. The van der Waals surface area contributed by atoms with Crippen molar-refractivity contribution >= 4 is 44.8 Å². The number of anilines is 1. The fourth-order valence-electron chi connectivity index (χ4n) is 6.53. The van der Waals surface area contributed by atoms with E-state index in [1.807, 2.05) is 17.0 Å². The van der Waals surface area contributed by atoms with Crippen molar-refractivity contribution in [2.45, 2.75) is 49.2 Å². The van der Waals surface area contributed by atoms with Crippen molar-refractivity contribution in [1.29, 1.82) is 0 Å². The van der Waals surface area contributed by atoms with Gasteiger partial charge in [0.05, 0.1) is 47.1 Å². The van der Waals surface area contributed by atoms with E-state index in [2.05, 4.69) is 17.2 Å². The quantitative estimate of drug-likeness (QED) is 0.181. The topological polar surface area (TPSA) is 114 Å². The number of hydrogen-bond donors (Lipinski definition) is 1. The first-order chi connectivity index (χ1) is 22.2. The van der Waals surface area contributed by atoms with Gasteiger partial charge in [-0.1, -0.05) is 36.2 Å². The van der Waals surface area contributed by atoms with Crippen molar-refractivity contribution in [1.82, 2.24) is 15.2 Å². The van der Waals surface area contributed by atoms with Gasteiger partial charge in [0.1, 0.15) is 17.8 Å². The van der Waals surface area contributed by atoms with Crippen molar-refractivity contribution in [3.63, 3.8) is 0 Å². The van der Waals surface area contributed by atoms with Crippen LogP contribution < -0.4 is 19.1 Å². The van der Waals surface area contributed by atoms with E-state index in [9.17, 15) is 8.42 Å². The van der Waals surface area contributed by atoms with Crippen molar-refractivity contribution in [3.8, 4) is 11.5 Å². The number of ether oxygens (including phenoxy) is 2. The third kappa shape index (κ3) is 5.24. The van der Waals surface area contributed by atoms with E-state index in [0.29, 0.717) is 54.4 Å². The molecule has 2 atom stereocenters. The Hall–Kier alpha value is -3.61. The molecule has 2 unspecified atom stereocenters. The summed E-state index contributed by atoms with van der Waals surface area (Å²) in [5.74, 6) is 0.585. The van der Waals surface area contributed by atoms with Crippen molar-refractivity contribution < 1.29 is 27.1 Å². The molecule has 46 heavy (non-hydrogen) atoms. The lowest BCUT2D eigenvalue weighted by Crippen LogP contribution is -2.54. The van der Waals surface area contributed by atoms with E-state index in [-0.39, 0.29) is 20.6 Å². The average Bonchev–Trinajstić information content (AvgIpc) is 3.81. The Morgan fingerprint density at radius 3 is 2.48 bits per heavy atom. The Bertz CT molecular complexity index is 1850. The van der Waals surface area contributed by atoms with Crippen molar-refractivity contribution in [2.24, 2.45) is 0 Å². The lowest BCUT2D eigenvalue weighted by molar-refractivity contribution is -0.127. The summed E-state index contributed by atoms with van der Waals surface area (Å²) < 4.78 is 46.9. The summed E-state index contributed by atoms with van der Waals surface area (Å²) in [4.78, 5) is 21.8. The molecule has 0 bridgehead atoms. The molecule has 1 saturated heterocycles. The lowest BCUT2D eigenvalue weighted by Gasteiger charge is -2.41. The highest BCUT2D eigenvalue weighted by molar-refractivity contribution is 7.93. The Morgan fingerprint density at radius 2 is 1.80 bits per heavy atom. The van der Waals surface area contributed by atoms with Gasteiger partial charge < -0.3 is 19.2 Å². The zero-order chi connectivity index (χ0) is 32.6. The highest BCUT2D eigenvalue weighted by atomic mass is 35.5. The number of methoxy groups -OCH3 is 2. The monoisotopic (exact) mass is 684 g/mol. The molecular formula is C33H34Cl2N4O6S. The Labute approximate surface area is 278 Å². The van der Waals surface area contributed by atoms with E-state index in [0.717, 1.165) is 22.8 Å². The van der Waals surface area contributed by atoms with Crippen LogP contribution in [-0.4, -0.2) is 51.5 Å². The molecule has 1 aromatic heterocycles. The third-order valence-corrected chi connectivity index (χ3v) is 11.0. The molecule has 2 aliphatic rings. The highest BCUT2D eigenvalue weighted by Gasteiger charge is 2.63. The molecule has 10 nitrogen and oxygen atoms in total. The van der Waals surface area contributed by atoms with Gasteiger partial charge in [0.2, 0.25) is 5.89 Å². The van der Waals surface area contributed by atoms with Crippen LogP contribution in [0.5, 0.6) is 11.5 Å². The number of hydrogen-bond acceptors (Lipinski definition) is 9. The summed E-state index contributed by atoms with van der Waals surface area (Å²) in [6, 6.07) is 14.1. The first kappa shape index (κ1) is 32.3. The largest absolute Gasteiger partial charge is 0.497 e. The zero-order valence-electron chi connectivity index (χ0n) is 25.6. The van der Waals surface area contributed by atoms with Gasteiger partial charge in [-0.05, 0) is 79.9 Å². The second kappa shape index (κ2) is 12.9. The third-order valence-electron chi connectivity index (χ3n) is 8.57. The van der Waals surface area contributed by atoms with Crippen LogP contribution in [0.3, 0.4) is 0 Å². The van der Waals surface area contributed by atoms with Gasteiger partial charge in [0, 0.05) is 24.2 Å². The number of carbonyl (C=O) groups excluding carboxylic acids is 1. The van der Waals surface area contributed by atoms with Crippen LogP contribution in [0.4, 0.5) is 5.69 Å². The van der Waals surface area contributed by atoms with Gasteiger partial charge in [-0.25, -0.2) is 17.7 Å². The molecule has 3 heterocycles. The van der Waals surface area contributed by atoms with Crippen LogP contribution in [0.1, 0.15) is 54.8 Å². The van der Waals surface area contributed by atoms with Crippen LogP contribution in [0.25, 0.3) is 0 Å². The molecule has 1 amide bonds. The Kier molecular flexibility index (Phi) is 9.06. The Morgan fingerprint density at radius 1 is 1.04 bits per heavy atom. The number of halogens is 2. The molecule has 0 saturated carbocycles. The van der Waals surface area contributed by atoms with E-state index in [4.69, 9.17) is 37.1 Å².